The van der Waals surface area contributed by atoms with Crippen molar-refractivity contribution in [2.75, 3.05) is 35.8 Å². The monoisotopic (exact) mass is 491 g/mol. The third-order valence-corrected chi connectivity index (χ3v) is 7.02. The van der Waals surface area contributed by atoms with Crippen LogP contribution in [0.4, 0.5) is 20.2 Å². The van der Waals surface area contributed by atoms with Gasteiger partial charge in [-0.1, -0.05) is 29.8 Å². The van der Waals surface area contributed by atoms with E-state index in [1.807, 2.05) is 24.3 Å². The van der Waals surface area contributed by atoms with Gasteiger partial charge in [0.25, 0.3) is 15.9 Å². The Morgan fingerprint density at radius 3 is 2.30 bits per heavy atom. The van der Waals surface area contributed by atoms with Crippen molar-refractivity contribution in [3.63, 3.8) is 0 Å². The highest BCUT2D eigenvalue weighted by atomic mass is 35.5. The Hall–Kier alpha value is -3.17. The minimum Gasteiger partial charge on any atom is -0.367 e. The quantitative estimate of drug-likeness (QED) is 0.575. The van der Waals surface area contributed by atoms with Crippen LogP contribution in [0.15, 0.2) is 71.6 Å². The van der Waals surface area contributed by atoms with Crippen molar-refractivity contribution in [3.8, 4) is 0 Å². The number of hydrogen-bond acceptors (Lipinski definition) is 4. The van der Waals surface area contributed by atoms with Gasteiger partial charge in [0.1, 0.15) is 0 Å². The zero-order valence-electron chi connectivity index (χ0n) is 17.3. The predicted molar refractivity (Wildman–Crippen MR) is 123 cm³/mol. The molecule has 0 saturated carbocycles. The van der Waals surface area contributed by atoms with Crippen molar-refractivity contribution in [3.05, 3.63) is 89.0 Å². The van der Waals surface area contributed by atoms with Crippen LogP contribution in [-0.2, 0) is 10.0 Å². The summed E-state index contributed by atoms with van der Waals surface area (Å²) in [5.74, 6) is -2.64. The van der Waals surface area contributed by atoms with Gasteiger partial charge in [-0.05, 0) is 48.5 Å². The maximum Gasteiger partial charge on any atom is 0.261 e. The van der Waals surface area contributed by atoms with Gasteiger partial charge in [-0.3, -0.25) is 9.52 Å². The van der Waals surface area contributed by atoms with Gasteiger partial charge in [0.2, 0.25) is 0 Å². The second kappa shape index (κ2) is 9.36. The number of anilines is 2. The fourth-order valence-electron chi connectivity index (χ4n) is 3.62. The van der Waals surface area contributed by atoms with E-state index in [1.165, 1.54) is 12.1 Å². The number of carbonyl (C=O) groups is 1. The molecular weight excluding hydrogens is 472 g/mol. The molecule has 0 radical (unpaired) electrons. The number of halogens is 3. The fourth-order valence-corrected chi connectivity index (χ4v) is 4.93. The molecule has 1 amide bonds. The van der Waals surface area contributed by atoms with E-state index in [1.54, 1.807) is 17.0 Å². The Kier molecular flexibility index (Phi) is 6.53. The van der Waals surface area contributed by atoms with Gasteiger partial charge in [0, 0.05) is 37.4 Å². The molecule has 6 nitrogen and oxygen atoms in total. The number of carbonyl (C=O) groups excluding carboxylic acids is 1. The van der Waals surface area contributed by atoms with Gasteiger partial charge >= 0.3 is 0 Å². The molecule has 1 saturated heterocycles. The summed E-state index contributed by atoms with van der Waals surface area (Å²) < 4.78 is 54.0. The number of sulfonamides is 1. The summed E-state index contributed by atoms with van der Waals surface area (Å²) in [5, 5.41) is 0.651. The van der Waals surface area contributed by atoms with Crippen LogP contribution >= 0.6 is 11.6 Å². The van der Waals surface area contributed by atoms with Gasteiger partial charge in [0.05, 0.1) is 15.6 Å². The zero-order chi connectivity index (χ0) is 23.6. The number of benzene rings is 3. The minimum absolute atomic E-state index is 0.139. The molecule has 1 heterocycles. The molecule has 0 unspecified atom stereocenters. The maximum atomic E-state index is 13.5. The third kappa shape index (κ3) is 5.09. The van der Waals surface area contributed by atoms with Gasteiger partial charge in [-0.2, -0.15) is 0 Å². The molecule has 0 aromatic heterocycles. The number of amides is 1. The first-order valence-electron chi connectivity index (χ1n) is 10.1. The molecule has 1 aliphatic rings. The largest absolute Gasteiger partial charge is 0.367 e. The average Bonchev–Trinajstić information content (AvgIpc) is 2.80. The standard InChI is InChI=1S/C23H20ClF2N3O3S/c24-19-6-1-2-7-22(19)28-10-12-29(13-11-28)23(30)16-4-3-5-17(14-16)27-33(31,32)18-8-9-20(25)21(26)15-18/h1-9,14-15,27H,10-13H2. The molecule has 1 aliphatic heterocycles. The van der Waals surface area contributed by atoms with Gasteiger partial charge in [-0.25, -0.2) is 17.2 Å². The fraction of sp³-hybridized carbons (Fsp3) is 0.174. The highest BCUT2D eigenvalue weighted by Crippen LogP contribution is 2.26. The lowest BCUT2D eigenvalue weighted by Gasteiger charge is -2.36. The summed E-state index contributed by atoms with van der Waals surface area (Å²) in [7, 11) is -4.16. The summed E-state index contributed by atoms with van der Waals surface area (Å²) in [6, 6.07) is 15.9. The summed E-state index contributed by atoms with van der Waals surface area (Å²) in [6.07, 6.45) is 0. The van der Waals surface area contributed by atoms with E-state index < -0.39 is 26.6 Å². The van der Waals surface area contributed by atoms with Crippen molar-refractivity contribution in [2.45, 2.75) is 4.90 Å². The van der Waals surface area contributed by atoms with Crippen molar-refractivity contribution >= 4 is 38.9 Å². The number of hydrogen-bond donors (Lipinski definition) is 1. The molecule has 0 spiro atoms. The van der Waals surface area contributed by atoms with E-state index >= 15 is 0 Å². The van der Waals surface area contributed by atoms with Crippen LogP contribution in [0.2, 0.25) is 5.02 Å². The minimum atomic E-state index is -4.16. The molecular formula is C23H20ClF2N3O3S. The Morgan fingerprint density at radius 2 is 1.61 bits per heavy atom. The SMILES string of the molecule is O=C(c1cccc(NS(=O)(=O)c2ccc(F)c(F)c2)c1)N1CCN(c2ccccc2Cl)CC1. The lowest BCUT2D eigenvalue weighted by atomic mass is 10.1. The van der Waals surface area contributed by atoms with Gasteiger partial charge in [0.15, 0.2) is 11.6 Å². The summed E-state index contributed by atoms with van der Waals surface area (Å²) in [6.45, 7) is 2.18. The van der Waals surface area contributed by atoms with Gasteiger partial charge < -0.3 is 9.80 Å². The molecule has 0 aliphatic carbocycles. The first kappa shape index (κ1) is 23.0. The van der Waals surface area contributed by atoms with Crippen LogP contribution in [0.25, 0.3) is 0 Å². The molecule has 172 valence electrons. The maximum absolute atomic E-state index is 13.5. The topological polar surface area (TPSA) is 69.7 Å². The van der Waals surface area contributed by atoms with Crippen molar-refractivity contribution in [1.29, 1.82) is 0 Å². The summed E-state index contributed by atoms with van der Waals surface area (Å²) in [5.41, 5.74) is 1.37. The number of rotatable bonds is 5. The van der Waals surface area contributed by atoms with E-state index in [4.69, 9.17) is 11.6 Å². The lowest BCUT2D eigenvalue weighted by Crippen LogP contribution is -2.48. The predicted octanol–water partition coefficient (Wildman–Crippen LogP) is 4.38. The number of nitrogens with one attached hydrogen (secondary N) is 1. The van der Waals surface area contributed by atoms with Crippen molar-refractivity contribution in [2.24, 2.45) is 0 Å². The van der Waals surface area contributed by atoms with Crippen LogP contribution < -0.4 is 9.62 Å². The first-order valence-corrected chi connectivity index (χ1v) is 12.0. The van der Waals surface area contributed by atoms with E-state index in [9.17, 15) is 22.0 Å². The number of para-hydroxylation sites is 1. The molecule has 4 rings (SSSR count). The Balaban J connectivity index is 1.45. The lowest BCUT2D eigenvalue weighted by molar-refractivity contribution is 0.0747. The van der Waals surface area contributed by atoms with Crippen LogP contribution in [0.3, 0.4) is 0 Å². The number of nitrogens with zero attached hydrogens (tertiary/aromatic N) is 2. The smallest absolute Gasteiger partial charge is 0.261 e. The van der Waals surface area contributed by atoms with Crippen LogP contribution in [0.5, 0.6) is 0 Å². The molecule has 1 N–H and O–H groups in total. The van der Waals surface area contributed by atoms with Crippen LogP contribution in [0, 0.1) is 11.6 Å². The molecule has 0 atom stereocenters. The van der Waals surface area contributed by atoms with E-state index in [-0.39, 0.29) is 11.6 Å². The number of piperazine rings is 1. The Morgan fingerprint density at radius 1 is 0.879 bits per heavy atom. The average molecular weight is 492 g/mol. The third-order valence-electron chi connectivity index (χ3n) is 5.32. The van der Waals surface area contributed by atoms with Crippen molar-refractivity contribution < 1.29 is 22.0 Å². The summed E-state index contributed by atoms with van der Waals surface area (Å²) >= 11 is 6.27. The highest BCUT2D eigenvalue weighted by Gasteiger charge is 2.24. The molecule has 1 fully saturated rings. The molecule has 0 bridgehead atoms. The van der Waals surface area contributed by atoms with E-state index in [0.717, 1.165) is 17.8 Å². The van der Waals surface area contributed by atoms with Crippen molar-refractivity contribution in [1.82, 2.24) is 4.90 Å². The Labute approximate surface area is 195 Å². The summed E-state index contributed by atoms with van der Waals surface area (Å²) in [4.78, 5) is 16.4. The van der Waals surface area contributed by atoms with Crippen LogP contribution in [0.1, 0.15) is 10.4 Å². The molecule has 3 aromatic rings. The van der Waals surface area contributed by atoms with E-state index in [0.29, 0.717) is 42.8 Å². The molecule has 3 aromatic carbocycles. The van der Waals surface area contributed by atoms with E-state index in [2.05, 4.69) is 9.62 Å². The second-order valence-corrected chi connectivity index (χ2v) is 9.58. The zero-order valence-corrected chi connectivity index (χ0v) is 18.9. The van der Waals surface area contributed by atoms with Crippen LogP contribution in [-0.4, -0.2) is 45.4 Å². The highest BCUT2D eigenvalue weighted by molar-refractivity contribution is 7.92. The molecule has 10 heteroatoms. The first-order chi connectivity index (χ1) is 15.7. The van der Waals surface area contributed by atoms with Gasteiger partial charge in [-0.15, -0.1) is 0 Å². The normalized spacial score (nSPS) is 14.3. The second-order valence-electron chi connectivity index (χ2n) is 7.49. The Bertz CT molecular complexity index is 1300. The molecule has 33 heavy (non-hydrogen) atoms.